The highest BCUT2D eigenvalue weighted by atomic mass is 32.2. The largest absolute Gasteiger partial charge is 0.494 e. The number of nitrogens with zero attached hydrogens (tertiary/aromatic N) is 1. The number of aryl methyl sites for hydroxylation is 1. The molecule has 0 saturated heterocycles. The van der Waals surface area contributed by atoms with Crippen LogP contribution in [0.1, 0.15) is 12.5 Å². The number of anilines is 1. The Labute approximate surface area is 161 Å². The van der Waals surface area contributed by atoms with Crippen LogP contribution in [-0.4, -0.2) is 38.8 Å². The molecule has 1 N–H and O–H groups in total. The van der Waals surface area contributed by atoms with Gasteiger partial charge >= 0.3 is 0 Å². The Morgan fingerprint density at radius 1 is 1.14 bits per heavy atom. The zero-order valence-corrected chi connectivity index (χ0v) is 16.2. The van der Waals surface area contributed by atoms with Gasteiger partial charge in [0.15, 0.2) is 17.5 Å². The molecule has 28 heavy (non-hydrogen) atoms. The maximum atomic E-state index is 13.6. The fourth-order valence-corrected chi connectivity index (χ4v) is 3.59. The van der Waals surface area contributed by atoms with Crippen LogP contribution >= 0.6 is 0 Å². The van der Waals surface area contributed by atoms with Gasteiger partial charge in [0.1, 0.15) is 5.75 Å². The van der Waals surface area contributed by atoms with Crippen molar-refractivity contribution in [1.82, 2.24) is 4.31 Å². The van der Waals surface area contributed by atoms with E-state index >= 15 is 0 Å². The highest BCUT2D eigenvalue weighted by Crippen LogP contribution is 2.24. The Kier molecular flexibility index (Phi) is 6.68. The van der Waals surface area contributed by atoms with Crippen molar-refractivity contribution in [2.75, 3.05) is 25.5 Å². The molecule has 0 aliphatic rings. The predicted molar refractivity (Wildman–Crippen MR) is 97.1 cm³/mol. The normalized spacial score (nSPS) is 11.5. The summed E-state index contributed by atoms with van der Waals surface area (Å²) in [5.74, 6) is -5.08. The van der Waals surface area contributed by atoms with E-state index in [-0.39, 0.29) is 4.90 Å². The van der Waals surface area contributed by atoms with Gasteiger partial charge in [-0.25, -0.2) is 21.6 Å². The highest BCUT2D eigenvalue weighted by molar-refractivity contribution is 7.89. The van der Waals surface area contributed by atoms with Crippen LogP contribution in [0, 0.1) is 24.4 Å². The molecular weight excluding hydrogens is 397 g/mol. The Balaban J connectivity index is 2.15. The van der Waals surface area contributed by atoms with Gasteiger partial charge < -0.3 is 10.1 Å². The molecule has 10 heteroatoms. The monoisotopic (exact) mass is 416 g/mol. The van der Waals surface area contributed by atoms with Crippen molar-refractivity contribution in [1.29, 1.82) is 0 Å². The van der Waals surface area contributed by atoms with E-state index in [1.165, 1.54) is 25.2 Å². The molecule has 0 aromatic heterocycles. The van der Waals surface area contributed by atoms with Crippen molar-refractivity contribution < 1.29 is 31.1 Å². The molecule has 0 spiro atoms. The number of ether oxygens (including phenoxy) is 1. The zero-order chi connectivity index (χ0) is 21.1. The number of rotatable bonds is 7. The summed E-state index contributed by atoms with van der Waals surface area (Å²) in [6, 6.07) is 5.75. The minimum atomic E-state index is -4.02. The number of likely N-dealkylation sites (N-methyl/N-ethyl adjacent to an activating group) is 1. The number of sulfonamides is 1. The third-order valence-corrected chi connectivity index (χ3v) is 5.63. The van der Waals surface area contributed by atoms with Crippen LogP contribution in [0.5, 0.6) is 5.75 Å². The van der Waals surface area contributed by atoms with Crippen molar-refractivity contribution in [3.8, 4) is 5.75 Å². The molecular formula is C18H19F3N2O4S. The second-order valence-corrected chi connectivity index (χ2v) is 7.94. The zero-order valence-electron chi connectivity index (χ0n) is 15.4. The van der Waals surface area contributed by atoms with Gasteiger partial charge in [0.25, 0.3) is 0 Å². The molecule has 1 amide bonds. The lowest BCUT2D eigenvalue weighted by molar-refractivity contribution is -0.116. The van der Waals surface area contributed by atoms with Gasteiger partial charge in [-0.15, -0.1) is 0 Å². The van der Waals surface area contributed by atoms with Crippen molar-refractivity contribution in [3.63, 3.8) is 0 Å². The number of benzene rings is 2. The summed E-state index contributed by atoms with van der Waals surface area (Å²) in [5.41, 5.74) is 0.0104. The topological polar surface area (TPSA) is 75.7 Å². The van der Waals surface area contributed by atoms with Crippen LogP contribution in [-0.2, 0) is 14.8 Å². The number of hydrogen-bond acceptors (Lipinski definition) is 4. The molecule has 2 aromatic rings. The summed E-state index contributed by atoms with van der Waals surface area (Å²) >= 11 is 0. The molecule has 0 fully saturated rings. The summed E-state index contributed by atoms with van der Waals surface area (Å²) in [4.78, 5) is 12.0. The summed E-state index contributed by atoms with van der Waals surface area (Å²) in [6.45, 7) is 3.25. The van der Waals surface area contributed by atoms with Crippen molar-refractivity contribution in [3.05, 3.63) is 53.3 Å². The molecule has 6 nitrogen and oxygen atoms in total. The van der Waals surface area contributed by atoms with E-state index in [4.69, 9.17) is 4.74 Å². The SMILES string of the molecule is CCOc1ccc(S(=O)(=O)N(C)CC(=O)Nc2ccc(F)c(F)c2F)cc1C. The van der Waals surface area contributed by atoms with E-state index in [1.54, 1.807) is 13.8 Å². The Morgan fingerprint density at radius 3 is 2.43 bits per heavy atom. The smallest absolute Gasteiger partial charge is 0.243 e. The Bertz CT molecular complexity index is 997. The summed E-state index contributed by atoms with van der Waals surface area (Å²) in [6.07, 6.45) is 0. The first kappa shape index (κ1) is 21.7. The van der Waals surface area contributed by atoms with Gasteiger partial charge in [-0.3, -0.25) is 4.79 Å². The van der Waals surface area contributed by atoms with Crippen LogP contribution in [0.4, 0.5) is 18.9 Å². The van der Waals surface area contributed by atoms with Gasteiger partial charge in [-0.2, -0.15) is 4.31 Å². The van der Waals surface area contributed by atoms with Crippen LogP contribution in [0.15, 0.2) is 35.2 Å². The van der Waals surface area contributed by atoms with Gasteiger partial charge in [0.2, 0.25) is 15.9 Å². The first-order chi connectivity index (χ1) is 13.1. The molecule has 0 saturated carbocycles. The summed E-state index contributed by atoms with van der Waals surface area (Å²) in [7, 11) is -2.85. The first-order valence-electron chi connectivity index (χ1n) is 8.21. The Morgan fingerprint density at radius 2 is 1.82 bits per heavy atom. The number of halogens is 3. The summed E-state index contributed by atoms with van der Waals surface area (Å²) in [5, 5.41) is 2.02. The van der Waals surface area contributed by atoms with E-state index in [2.05, 4.69) is 0 Å². The van der Waals surface area contributed by atoms with E-state index < -0.39 is 45.6 Å². The minimum absolute atomic E-state index is 0.0530. The lowest BCUT2D eigenvalue weighted by Crippen LogP contribution is -2.35. The standard InChI is InChI=1S/C18H19F3N2O4S/c1-4-27-15-8-5-12(9-11(15)2)28(25,26)23(3)10-16(24)22-14-7-6-13(19)17(20)18(14)21/h5-9H,4,10H2,1-3H3,(H,22,24). The lowest BCUT2D eigenvalue weighted by Gasteiger charge is -2.18. The van der Waals surface area contributed by atoms with Crippen LogP contribution < -0.4 is 10.1 Å². The van der Waals surface area contributed by atoms with Crippen LogP contribution in [0.2, 0.25) is 0 Å². The fourth-order valence-electron chi connectivity index (χ4n) is 2.38. The molecule has 0 bridgehead atoms. The third kappa shape index (κ3) is 4.63. The Hall–Kier alpha value is -2.59. The van der Waals surface area contributed by atoms with Gasteiger partial charge in [0.05, 0.1) is 23.7 Å². The molecule has 0 unspecified atom stereocenters. The maximum absolute atomic E-state index is 13.6. The van der Waals surface area contributed by atoms with Crippen LogP contribution in [0.25, 0.3) is 0 Å². The van der Waals surface area contributed by atoms with Gasteiger partial charge in [0, 0.05) is 7.05 Å². The van der Waals surface area contributed by atoms with Crippen molar-refractivity contribution in [2.24, 2.45) is 0 Å². The quantitative estimate of drug-likeness (QED) is 0.704. The molecule has 0 radical (unpaired) electrons. The molecule has 2 aromatic carbocycles. The van der Waals surface area contributed by atoms with E-state index in [1.807, 2.05) is 5.32 Å². The fraction of sp³-hybridized carbons (Fsp3) is 0.278. The molecule has 0 aliphatic carbocycles. The van der Waals surface area contributed by atoms with E-state index in [0.717, 1.165) is 10.4 Å². The molecule has 0 atom stereocenters. The average molecular weight is 416 g/mol. The summed E-state index contributed by atoms with van der Waals surface area (Å²) < 4.78 is 71.2. The van der Waals surface area contributed by atoms with Crippen LogP contribution in [0.3, 0.4) is 0 Å². The first-order valence-corrected chi connectivity index (χ1v) is 9.65. The number of hydrogen-bond donors (Lipinski definition) is 1. The average Bonchev–Trinajstić information content (AvgIpc) is 2.63. The van der Waals surface area contributed by atoms with Crippen molar-refractivity contribution in [2.45, 2.75) is 18.7 Å². The highest BCUT2D eigenvalue weighted by Gasteiger charge is 2.24. The minimum Gasteiger partial charge on any atom is -0.494 e. The molecule has 0 heterocycles. The van der Waals surface area contributed by atoms with Crippen molar-refractivity contribution >= 4 is 21.6 Å². The number of carbonyl (C=O) groups is 1. The maximum Gasteiger partial charge on any atom is 0.243 e. The van der Waals surface area contributed by atoms with E-state index in [0.29, 0.717) is 24.0 Å². The predicted octanol–water partition coefficient (Wildman–Crippen LogP) is 3.07. The number of amides is 1. The molecule has 0 aliphatic heterocycles. The lowest BCUT2D eigenvalue weighted by atomic mass is 10.2. The molecule has 152 valence electrons. The van der Waals surface area contributed by atoms with E-state index in [9.17, 15) is 26.4 Å². The number of nitrogens with one attached hydrogen (secondary N) is 1. The molecule has 2 rings (SSSR count). The second-order valence-electron chi connectivity index (χ2n) is 5.89. The number of carbonyl (C=O) groups excluding carboxylic acids is 1. The third-order valence-electron chi connectivity index (χ3n) is 3.83. The second kappa shape index (κ2) is 8.61. The van der Waals surface area contributed by atoms with Gasteiger partial charge in [-0.1, -0.05) is 0 Å². The van der Waals surface area contributed by atoms with Gasteiger partial charge in [-0.05, 0) is 49.7 Å².